The van der Waals surface area contributed by atoms with Gasteiger partial charge in [-0.3, -0.25) is 4.79 Å². The molecule has 0 saturated carbocycles. The molecule has 4 rings (SSSR count). The maximum absolute atomic E-state index is 12.4. The summed E-state index contributed by atoms with van der Waals surface area (Å²) in [7, 11) is 0. The van der Waals surface area contributed by atoms with E-state index in [0.717, 1.165) is 52.0 Å². The fraction of sp³-hybridized carbons (Fsp3) is 0.278. The highest BCUT2D eigenvalue weighted by atomic mass is 79.9. The summed E-state index contributed by atoms with van der Waals surface area (Å²) in [6, 6.07) is 7.76. The van der Waals surface area contributed by atoms with Crippen molar-refractivity contribution in [2.24, 2.45) is 0 Å². The Hall–Kier alpha value is -1.70. The fourth-order valence-corrected chi connectivity index (χ4v) is 4.83. The van der Waals surface area contributed by atoms with Gasteiger partial charge in [0, 0.05) is 34.0 Å². The van der Waals surface area contributed by atoms with Crippen LogP contribution in [0.15, 0.2) is 40.4 Å². The highest BCUT2D eigenvalue weighted by Gasteiger charge is 2.24. The lowest BCUT2D eigenvalue weighted by molar-refractivity contribution is 0.0934. The standard InChI is InChI=1S/C18H16BrClN4OS/c19-14-5-8-26-16(14)18(25)23-12-3-6-24(7-4-12)17-13-2-1-11(20)9-15(13)21-10-22-17/h1-2,5,8-10,12H,3-4,6-7H2,(H,23,25). The van der Waals surface area contributed by atoms with E-state index in [1.165, 1.54) is 11.3 Å². The smallest absolute Gasteiger partial charge is 0.262 e. The van der Waals surface area contributed by atoms with Crippen molar-refractivity contribution in [2.45, 2.75) is 18.9 Å². The number of nitrogens with one attached hydrogen (secondary N) is 1. The summed E-state index contributed by atoms with van der Waals surface area (Å²) in [6.45, 7) is 1.68. The topological polar surface area (TPSA) is 58.1 Å². The average Bonchev–Trinajstić information content (AvgIpc) is 3.08. The first-order valence-electron chi connectivity index (χ1n) is 8.31. The van der Waals surface area contributed by atoms with Crippen molar-refractivity contribution < 1.29 is 4.79 Å². The number of benzene rings is 1. The van der Waals surface area contributed by atoms with Gasteiger partial charge in [-0.15, -0.1) is 11.3 Å². The lowest BCUT2D eigenvalue weighted by atomic mass is 10.0. The van der Waals surface area contributed by atoms with Crippen LogP contribution in [0.5, 0.6) is 0 Å². The van der Waals surface area contributed by atoms with Crippen LogP contribution < -0.4 is 10.2 Å². The van der Waals surface area contributed by atoms with E-state index in [0.29, 0.717) is 5.02 Å². The number of aromatic nitrogens is 2. The van der Waals surface area contributed by atoms with Crippen molar-refractivity contribution in [3.63, 3.8) is 0 Å². The summed E-state index contributed by atoms with van der Waals surface area (Å²) in [5.74, 6) is 0.921. The van der Waals surface area contributed by atoms with Gasteiger partial charge in [0.15, 0.2) is 0 Å². The molecule has 0 spiro atoms. The predicted octanol–water partition coefficient (Wildman–Crippen LogP) is 4.51. The van der Waals surface area contributed by atoms with Crippen molar-refractivity contribution in [3.05, 3.63) is 50.3 Å². The molecule has 0 radical (unpaired) electrons. The van der Waals surface area contributed by atoms with Crippen LogP contribution >= 0.6 is 38.9 Å². The Morgan fingerprint density at radius 2 is 2.08 bits per heavy atom. The van der Waals surface area contributed by atoms with Gasteiger partial charge in [-0.25, -0.2) is 9.97 Å². The Morgan fingerprint density at radius 1 is 1.27 bits per heavy atom. The molecule has 0 unspecified atom stereocenters. The van der Waals surface area contributed by atoms with Gasteiger partial charge in [0.2, 0.25) is 0 Å². The molecule has 1 amide bonds. The van der Waals surface area contributed by atoms with Crippen LogP contribution in [0, 0.1) is 0 Å². The molecule has 3 aromatic rings. The number of halogens is 2. The number of fused-ring (bicyclic) bond motifs is 1. The predicted molar refractivity (Wildman–Crippen MR) is 109 cm³/mol. The molecule has 1 aliphatic rings. The van der Waals surface area contributed by atoms with Crippen LogP contribution in [0.3, 0.4) is 0 Å². The van der Waals surface area contributed by atoms with Crippen molar-refractivity contribution >= 4 is 61.5 Å². The minimum atomic E-state index is -0.00699. The molecule has 8 heteroatoms. The minimum absolute atomic E-state index is 0.00699. The summed E-state index contributed by atoms with van der Waals surface area (Å²) in [5.41, 5.74) is 0.848. The molecule has 0 atom stereocenters. The molecular formula is C18H16BrClN4OS. The zero-order chi connectivity index (χ0) is 18.1. The number of hydrogen-bond donors (Lipinski definition) is 1. The van der Waals surface area contributed by atoms with E-state index in [-0.39, 0.29) is 11.9 Å². The van der Waals surface area contributed by atoms with Crippen LogP contribution in [-0.2, 0) is 0 Å². The largest absolute Gasteiger partial charge is 0.356 e. The number of carbonyl (C=O) groups is 1. The molecule has 26 heavy (non-hydrogen) atoms. The number of thiophene rings is 1. The summed E-state index contributed by atoms with van der Waals surface area (Å²) < 4.78 is 0.851. The van der Waals surface area contributed by atoms with Crippen LogP contribution in [0.25, 0.3) is 10.9 Å². The third kappa shape index (κ3) is 3.56. The van der Waals surface area contributed by atoms with Crippen LogP contribution in [-0.4, -0.2) is 35.0 Å². The lowest BCUT2D eigenvalue weighted by Gasteiger charge is -2.33. The monoisotopic (exact) mass is 450 g/mol. The second-order valence-corrected chi connectivity index (χ2v) is 8.40. The lowest BCUT2D eigenvalue weighted by Crippen LogP contribution is -2.44. The maximum Gasteiger partial charge on any atom is 0.262 e. The zero-order valence-corrected chi connectivity index (χ0v) is 16.9. The SMILES string of the molecule is O=C(NC1CCN(c2ncnc3cc(Cl)ccc23)CC1)c1sccc1Br. The maximum atomic E-state index is 12.4. The number of amides is 1. The Kier molecular flexibility index (Phi) is 5.11. The minimum Gasteiger partial charge on any atom is -0.356 e. The Morgan fingerprint density at radius 3 is 2.81 bits per heavy atom. The van der Waals surface area contributed by atoms with Crippen LogP contribution in [0.2, 0.25) is 5.02 Å². The van der Waals surface area contributed by atoms with Gasteiger partial charge in [0.25, 0.3) is 5.91 Å². The molecule has 1 N–H and O–H groups in total. The normalized spacial score (nSPS) is 15.4. The highest BCUT2D eigenvalue weighted by Crippen LogP contribution is 2.28. The molecule has 3 heterocycles. The van der Waals surface area contributed by atoms with E-state index in [1.54, 1.807) is 6.33 Å². The number of hydrogen-bond acceptors (Lipinski definition) is 5. The summed E-state index contributed by atoms with van der Waals surface area (Å²) in [4.78, 5) is 24.1. The third-order valence-corrected chi connectivity index (χ3v) is 6.60. The van der Waals surface area contributed by atoms with E-state index in [2.05, 4.69) is 36.1 Å². The van der Waals surface area contributed by atoms with Gasteiger partial charge < -0.3 is 10.2 Å². The Balaban J connectivity index is 1.44. The van der Waals surface area contributed by atoms with Gasteiger partial charge in [-0.05, 0) is 58.4 Å². The molecule has 1 aromatic carbocycles. The van der Waals surface area contributed by atoms with Gasteiger partial charge in [-0.2, -0.15) is 0 Å². The van der Waals surface area contributed by atoms with Crippen molar-refractivity contribution in [2.75, 3.05) is 18.0 Å². The quantitative estimate of drug-likeness (QED) is 0.637. The Labute approximate surface area is 168 Å². The molecule has 134 valence electrons. The van der Waals surface area contributed by atoms with Crippen LogP contribution in [0.4, 0.5) is 5.82 Å². The molecule has 5 nitrogen and oxygen atoms in total. The summed E-state index contributed by atoms with van der Waals surface area (Å²) in [5, 5.41) is 6.73. The van der Waals surface area contributed by atoms with E-state index < -0.39 is 0 Å². The van der Waals surface area contributed by atoms with Crippen molar-refractivity contribution in [1.82, 2.24) is 15.3 Å². The van der Waals surface area contributed by atoms with Crippen molar-refractivity contribution in [3.8, 4) is 0 Å². The molecule has 0 bridgehead atoms. The van der Waals surface area contributed by atoms with E-state index in [4.69, 9.17) is 11.6 Å². The number of anilines is 1. The zero-order valence-electron chi connectivity index (χ0n) is 13.8. The fourth-order valence-electron chi connectivity index (χ4n) is 3.21. The molecule has 0 aliphatic carbocycles. The summed E-state index contributed by atoms with van der Waals surface area (Å²) in [6.07, 6.45) is 3.35. The first-order valence-corrected chi connectivity index (χ1v) is 10.4. The Bertz CT molecular complexity index is 955. The highest BCUT2D eigenvalue weighted by molar-refractivity contribution is 9.10. The van der Waals surface area contributed by atoms with Crippen LogP contribution in [0.1, 0.15) is 22.5 Å². The molecule has 1 aliphatic heterocycles. The van der Waals surface area contributed by atoms with Gasteiger partial charge in [0.1, 0.15) is 17.0 Å². The average molecular weight is 452 g/mol. The molecular weight excluding hydrogens is 436 g/mol. The number of nitrogens with zero attached hydrogens (tertiary/aromatic N) is 3. The summed E-state index contributed by atoms with van der Waals surface area (Å²) >= 11 is 10.9. The number of carbonyl (C=O) groups excluding carboxylic acids is 1. The second-order valence-electron chi connectivity index (χ2n) is 6.19. The third-order valence-electron chi connectivity index (χ3n) is 4.53. The molecule has 1 fully saturated rings. The molecule has 1 saturated heterocycles. The number of rotatable bonds is 3. The second kappa shape index (κ2) is 7.50. The molecule has 2 aromatic heterocycles. The van der Waals surface area contributed by atoms with Gasteiger partial charge in [-0.1, -0.05) is 11.6 Å². The van der Waals surface area contributed by atoms with Gasteiger partial charge in [0.05, 0.1) is 5.52 Å². The van der Waals surface area contributed by atoms with Crippen molar-refractivity contribution in [1.29, 1.82) is 0 Å². The van der Waals surface area contributed by atoms with Gasteiger partial charge >= 0.3 is 0 Å². The first kappa shape index (κ1) is 17.7. The number of piperidine rings is 1. The van der Waals surface area contributed by atoms with E-state index in [9.17, 15) is 4.79 Å². The first-order chi connectivity index (χ1) is 12.6. The van der Waals surface area contributed by atoms with E-state index in [1.807, 2.05) is 29.6 Å². The van der Waals surface area contributed by atoms with E-state index >= 15 is 0 Å².